The maximum absolute atomic E-state index is 6.55. The lowest BCUT2D eigenvalue weighted by atomic mass is 9.91. The second kappa shape index (κ2) is 5.11. The Morgan fingerprint density at radius 2 is 1.96 bits per heavy atom. The van der Waals surface area contributed by atoms with Crippen LogP contribution in [0.1, 0.15) is 36.6 Å². The summed E-state index contributed by atoms with van der Waals surface area (Å²) in [5.74, 6) is 1.88. The molecule has 1 unspecified atom stereocenters. The topological polar surface area (TPSA) is 41.2 Å². The molecule has 1 saturated heterocycles. The first kappa shape index (κ1) is 14.1. The molecule has 1 aromatic heterocycles. The van der Waals surface area contributed by atoms with Crippen molar-refractivity contribution in [1.82, 2.24) is 9.91 Å². The summed E-state index contributed by atoms with van der Waals surface area (Å²) in [6.07, 6.45) is 4.50. The zero-order valence-corrected chi connectivity index (χ0v) is 13.8. The van der Waals surface area contributed by atoms with Gasteiger partial charge in [-0.2, -0.15) is 5.10 Å². The van der Waals surface area contributed by atoms with Crippen molar-refractivity contribution in [3.63, 3.8) is 0 Å². The van der Waals surface area contributed by atoms with Crippen LogP contribution in [-0.2, 0) is 0 Å². The minimum Gasteiger partial charge on any atom is -0.466 e. The largest absolute Gasteiger partial charge is 0.466 e. The van der Waals surface area contributed by atoms with E-state index in [1.54, 1.807) is 6.26 Å². The van der Waals surface area contributed by atoms with E-state index in [2.05, 4.69) is 41.2 Å². The summed E-state index contributed by atoms with van der Waals surface area (Å²) in [7, 11) is 2.17. The molecule has 124 valence electrons. The van der Waals surface area contributed by atoms with Crippen molar-refractivity contribution >= 4 is 5.71 Å². The molecule has 3 aliphatic heterocycles. The number of fused-ring (bicyclic) bond motifs is 4. The van der Waals surface area contributed by atoms with Crippen LogP contribution in [-0.4, -0.2) is 41.5 Å². The van der Waals surface area contributed by atoms with Crippen LogP contribution in [0.25, 0.3) is 0 Å². The predicted molar refractivity (Wildman–Crippen MR) is 91.0 cm³/mol. The fourth-order valence-corrected chi connectivity index (χ4v) is 4.12. The number of piperidine rings is 1. The molecule has 0 saturated carbocycles. The third kappa shape index (κ3) is 2.01. The van der Waals surface area contributed by atoms with E-state index >= 15 is 0 Å². The molecule has 3 aliphatic rings. The SMILES string of the molecule is CN1CCC2(CC1)Oc1ccccc1C1CC(c3ccco3)=NN12. The van der Waals surface area contributed by atoms with Gasteiger partial charge in [-0.15, -0.1) is 0 Å². The molecule has 0 aliphatic carbocycles. The average Bonchev–Trinajstić information content (AvgIpc) is 3.27. The number of nitrogens with zero attached hydrogens (tertiary/aromatic N) is 3. The molecule has 24 heavy (non-hydrogen) atoms. The number of hydrogen-bond donors (Lipinski definition) is 0. The number of rotatable bonds is 1. The number of para-hydroxylation sites is 1. The molecule has 0 N–H and O–H groups in total. The Labute approximate surface area is 141 Å². The van der Waals surface area contributed by atoms with E-state index in [9.17, 15) is 0 Å². The Kier molecular flexibility index (Phi) is 3.00. The molecule has 0 radical (unpaired) electrons. The number of likely N-dealkylation sites (tertiary alicyclic amines) is 1. The Balaban J connectivity index is 1.59. The monoisotopic (exact) mass is 323 g/mol. The molecular weight excluding hydrogens is 302 g/mol. The van der Waals surface area contributed by atoms with Gasteiger partial charge in [0.2, 0.25) is 5.72 Å². The van der Waals surface area contributed by atoms with Crippen LogP contribution < -0.4 is 4.74 Å². The van der Waals surface area contributed by atoms with Crippen LogP contribution in [0, 0.1) is 0 Å². The molecule has 4 heterocycles. The van der Waals surface area contributed by atoms with Crippen LogP contribution in [0.3, 0.4) is 0 Å². The smallest absolute Gasteiger partial charge is 0.200 e. The summed E-state index contributed by atoms with van der Waals surface area (Å²) in [4.78, 5) is 2.36. The summed E-state index contributed by atoms with van der Waals surface area (Å²) in [6, 6.07) is 12.5. The molecule has 5 rings (SSSR count). The zero-order valence-electron chi connectivity index (χ0n) is 13.8. The Morgan fingerprint density at radius 1 is 1.12 bits per heavy atom. The van der Waals surface area contributed by atoms with E-state index in [0.29, 0.717) is 0 Å². The lowest BCUT2D eigenvalue weighted by Gasteiger charge is -2.50. The van der Waals surface area contributed by atoms with Gasteiger partial charge in [-0.1, -0.05) is 18.2 Å². The molecular formula is C19H21N3O2. The van der Waals surface area contributed by atoms with Gasteiger partial charge in [-0.05, 0) is 25.2 Å². The van der Waals surface area contributed by atoms with Crippen LogP contribution in [0.4, 0.5) is 0 Å². The van der Waals surface area contributed by atoms with Crippen molar-refractivity contribution < 1.29 is 9.15 Å². The minimum atomic E-state index is -0.333. The Morgan fingerprint density at radius 3 is 2.75 bits per heavy atom. The zero-order chi connectivity index (χ0) is 16.1. The standard InChI is InChI=1S/C19H21N3O2/c1-21-10-8-19(9-11-21)22-16(14-5-2-3-6-17(14)24-19)13-15(20-22)18-7-4-12-23-18/h2-7,12,16H,8-11,13H2,1H3. The first-order valence-electron chi connectivity index (χ1n) is 8.62. The van der Waals surface area contributed by atoms with Crippen LogP contribution in [0.15, 0.2) is 52.2 Å². The van der Waals surface area contributed by atoms with Crippen molar-refractivity contribution in [1.29, 1.82) is 0 Å². The van der Waals surface area contributed by atoms with Crippen LogP contribution >= 0.6 is 0 Å². The highest BCUT2D eigenvalue weighted by molar-refractivity contribution is 5.99. The number of benzene rings is 1. The molecule has 1 fully saturated rings. The van der Waals surface area contributed by atoms with E-state index in [1.807, 2.05) is 12.1 Å². The first-order chi connectivity index (χ1) is 11.8. The normalized spacial score (nSPS) is 25.1. The van der Waals surface area contributed by atoms with E-state index in [1.165, 1.54) is 5.56 Å². The molecule has 5 nitrogen and oxygen atoms in total. The summed E-state index contributed by atoms with van der Waals surface area (Å²) in [5, 5.41) is 7.19. The molecule has 5 heteroatoms. The first-order valence-corrected chi connectivity index (χ1v) is 8.62. The fourth-order valence-electron chi connectivity index (χ4n) is 4.12. The molecule has 0 bridgehead atoms. The second-order valence-electron chi connectivity index (χ2n) is 6.98. The lowest BCUT2D eigenvalue weighted by Crippen LogP contribution is -2.58. The van der Waals surface area contributed by atoms with Gasteiger partial charge in [0.25, 0.3) is 0 Å². The van der Waals surface area contributed by atoms with Crippen molar-refractivity contribution in [2.24, 2.45) is 5.10 Å². The second-order valence-corrected chi connectivity index (χ2v) is 6.98. The van der Waals surface area contributed by atoms with Crippen molar-refractivity contribution in [3.05, 3.63) is 54.0 Å². The number of furan rings is 1. The molecule has 1 spiro atoms. The van der Waals surface area contributed by atoms with Crippen molar-refractivity contribution in [3.8, 4) is 5.75 Å². The third-order valence-corrected chi connectivity index (χ3v) is 5.48. The predicted octanol–water partition coefficient (Wildman–Crippen LogP) is 3.25. The van der Waals surface area contributed by atoms with E-state index < -0.39 is 0 Å². The Hall–Kier alpha value is -2.27. The van der Waals surface area contributed by atoms with Crippen molar-refractivity contribution in [2.75, 3.05) is 20.1 Å². The molecule has 0 amide bonds. The van der Waals surface area contributed by atoms with Gasteiger partial charge < -0.3 is 14.1 Å². The quantitative estimate of drug-likeness (QED) is 0.808. The van der Waals surface area contributed by atoms with Crippen LogP contribution in [0.5, 0.6) is 5.75 Å². The highest BCUT2D eigenvalue weighted by atomic mass is 16.5. The highest BCUT2D eigenvalue weighted by Crippen LogP contribution is 2.49. The summed E-state index contributed by atoms with van der Waals surface area (Å²) in [6.45, 7) is 2.05. The van der Waals surface area contributed by atoms with Crippen molar-refractivity contribution in [2.45, 2.75) is 31.0 Å². The summed E-state index contributed by atoms with van der Waals surface area (Å²) < 4.78 is 12.1. The molecule has 2 aromatic rings. The van der Waals surface area contributed by atoms with Gasteiger partial charge in [0.15, 0.2) is 0 Å². The summed E-state index contributed by atoms with van der Waals surface area (Å²) >= 11 is 0. The van der Waals surface area contributed by atoms with E-state index in [0.717, 1.165) is 49.6 Å². The molecule has 1 atom stereocenters. The van der Waals surface area contributed by atoms with Gasteiger partial charge in [-0.3, -0.25) is 0 Å². The number of ether oxygens (including phenoxy) is 1. The van der Waals surface area contributed by atoms with Gasteiger partial charge in [-0.25, -0.2) is 5.01 Å². The lowest BCUT2D eigenvalue weighted by molar-refractivity contribution is -0.147. The summed E-state index contributed by atoms with van der Waals surface area (Å²) in [5.41, 5.74) is 1.91. The van der Waals surface area contributed by atoms with E-state index in [4.69, 9.17) is 14.3 Å². The van der Waals surface area contributed by atoms with Gasteiger partial charge in [0, 0.05) is 37.9 Å². The van der Waals surface area contributed by atoms with E-state index in [-0.39, 0.29) is 11.8 Å². The number of hydrogen-bond acceptors (Lipinski definition) is 5. The Bertz CT molecular complexity index is 776. The van der Waals surface area contributed by atoms with Gasteiger partial charge in [0.05, 0.1) is 12.3 Å². The third-order valence-electron chi connectivity index (χ3n) is 5.48. The fraction of sp³-hybridized carbons (Fsp3) is 0.421. The highest BCUT2D eigenvalue weighted by Gasteiger charge is 2.51. The van der Waals surface area contributed by atoms with Gasteiger partial charge in [0.1, 0.15) is 17.2 Å². The maximum atomic E-state index is 6.55. The average molecular weight is 323 g/mol. The minimum absolute atomic E-state index is 0.235. The number of hydrazone groups is 1. The maximum Gasteiger partial charge on any atom is 0.200 e. The van der Waals surface area contributed by atoms with Gasteiger partial charge >= 0.3 is 0 Å². The molecule has 1 aromatic carbocycles. The van der Waals surface area contributed by atoms with Crippen LogP contribution in [0.2, 0.25) is 0 Å².